The predicted octanol–water partition coefficient (Wildman–Crippen LogP) is 0.297. The van der Waals surface area contributed by atoms with Crippen molar-refractivity contribution < 1.29 is 14.6 Å². The van der Waals surface area contributed by atoms with Crippen molar-refractivity contribution in [3.05, 3.63) is 0 Å². The van der Waals surface area contributed by atoms with Gasteiger partial charge in [0.05, 0.1) is 13.2 Å². The van der Waals surface area contributed by atoms with Crippen LogP contribution in [0.1, 0.15) is 27.2 Å². The Kier molecular flexibility index (Phi) is 3.17. The van der Waals surface area contributed by atoms with Gasteiger partial charge in [0.15, 0.2) is 0 Å². The van der Waals surface area contributed by atoms with E-state index in [9.17, 15) is 9.90 Å². The summed E-state index contributed by atoms with van der Waals surface area (Å²) in [7, 11) is 1.33. The molecule has 0 bridgehead atoms. The fourth-order valence-electron chi connectivity index (χ4n) is 1.73. The minimum absolute atomic E-state index is 0.0454. The number of nitrogens with one attached hydrogen (secondary N) is 1. The molecule has 1 heterocycles. The molecule has 4 heteroatoms. The Hall–Kier alpha value is -0.610. The topological polar surface area (TPSA) is 58.6 Å². The van der Waals surface area contributed by atoms with Crippen molar-refractivity contribution >= 4 is 5.97 Å². The van der Waals surface area contributed by atoms with Crippen molar-refractivity contribution in [2.24, 2.45) is 5.41 Å². The van der Waals surface area contributed by atoms with E-state index in [1.165, 1.54) is 7.11 Å². The van der Waals surface area contributed by atoms with Crippen molar-refractivity contribution in [1.29, 1.82) is 0 Å². The number of esters is 1. The molecule has 1 aliphatic rings. The van der Waals surface area contributed by atoms with E-state index in [1.807, 2.05) is 0 Å². The van der Waals surface area contributed by atoms with Crippen LogP contribution in [0.5, 0.6) is 0 Å². The monoisotopic (exact) mass is 201 g/mol. The number of hydrogen-bond acceptors (Lipinski definition) is 4. The highest BCUT2D eigenvalue weighted by Crippen LogP contribution is 2.28. The molecule has 0 aliphatic carbocycles. The van der Waals surface area contributed by atoms with Crippen molar-refractivity contribution in [2.75, 3.05) is 7.11 Å². The van der Waals surface area contributed by atoms with Gasteiger partial charge in [-0.25, -0.2) is 0 Å². The van der Waals surface area contributed by atoms with Gasteiger partial charge >= 0.3 is 5.97 Å². The summed E-state index contributed by atoms with van der Waals surface area (Å²) >= 11 is 0. The lowest BCUT2D eigenvalue weighted by Crippen LogP contribution is -2.44. The molecule has 0 aromatic heterocycles. The van der Waals surface area contributed by atoms with Crippen molar-refractivity contribution in [2.45, 2.75) is 45.4 Å². The molecule has 82 valence electrons. The predicted molar refractivity (Wildman–Crippen MR) is 52.8 cm³/mol. The van der Waals surface area contributed by atoms with Gasteiger partial charge in [-0.2, -0.15) is 0 Å². The van der Waals surface area contributed by atoms with Gasteiger partial charge in [-0.05, 0) is 11.8 Å². The molecule has 0 amide bonds. The number of rotatable bonds is 1. The summed E-state index contributed by atoms with van der Waals surface area (Å²) in [5, 5.41) is 12.8. The Morgan fingerprint density at radius 1 is 1.50 bits per heavy atom. The summed E-state index contributed by atoms with van der Waals surface area (Å²) in [4.78, 5) is 11.3. The SMILES string of the molecule is COC(=O)[C@H]1N[C@@H](C(C)(C)C)C[C@H]1O. The van der Waals surface area contributed by atoms with E-state index in [1.54, 1.807) is 0 Å². The fourth-order valence-corrected chi connectivity index (χ4v) is 1.73. The summed E-state index contributed by atoms with van der Waals surface area (Å²) < 4.78 is 4.60. The molecular weight excluding hydrogens is 182 g/mol. The van der Waals surface area contributed by atoms with Crippen LogP contribution in [0.3, 0.4) is 0 Å². The van der Waals surface area contributed by atoms with Gasteiger partial charge in [0, 0.05) is 6.04 Å². The third-order valence-electron chi connectivity index (χ3n) is 2.74. The van der Waals surface area contributed by atoms with Crippen LogP contribution >= 0.6 is 0 Å². The Bertz CT molecular complexity index is 222. The largest absolute Gasteiger partial charge is 0.468 e. The van der Waals surface area contributed by atoms with Crippen LogP contribution in [0.25, 0.3) is 0 Å². The Morgan fingerprint density at radius 2 is 2.07 bits per heavy atom. The second kappa shape index (κ2) is 3.87. The maximum atomic E-state index is 11.3. The van der Waals surface area contributed by atoms with Crippen LogP contribution in [-0.2, 0) is 9.53 Å². The second-order valence-corrected chi connectivity index (χ2v) is 4.89. The van der Waals surface area contributed by atoms with E-state index < -0.39 is 12.1 Å². The lowest BCUT2D eigenvalue weighted by Gasteiger charge is -2.27. The summed E-state index contributed by atoms with van der Waals surface area (Å²) in [6.45, 7) is 6.24. The summed E-state index contributed by atoms with van der Waals surface area (Å²) in [5.41, 5.74) is 0.0454. The average Bonchev–Trinajstić information content (AvgIpc) is 2.45. The maximum Gasteiger partial charge on any atom is 0.325 e. The first-order valence-electron chi connectivity index (χ1n) is 4.88. The van der Waals surface area contributed by atoms with Crippen molar-refractivity contribution in [1.82, 2.24) is 5.32 Å². The van der Waals surface area contributed by atoms with Crippen LogP contribution in [0.4, 0.5) is 0 Å². The summed E-state index contributed by atoms with van der Waals surface area (Å²) in [6, 6.07) is -0.411. The van der Waals surface area contributed by atoms with Crippen LogP contribution in [0, 0.1) is 5.41 Å². The third-order valence-corrected chi connectivity index (χ3v) is 2.74. The zero-order valence-electron chi connectivity index (χ0n) is 9.20. The normalized spacial score (nSPS) is 33.1. The van der Waals surface area contributed by atoms with E-state index in [4.69, 9.17) is 0 Å². The standard InChI is InChI=1S/C10H19NO3/c1-10(2,3)7-5-6(12)8(11-7)9(13)14-4/h6-8,11-12H,5H2,1-4H3/t6-,7-,8+/m1/s1. The number of aliphatic hydroxyl groups excluding tert-OH is 1. The third kappa shape index (κ3) is 2.25. The first kappa shape index (κ1) is 11.5. The smallest absolute Gasteiger partial charge is 0.325 e. The maximum absolute atomic E-state index is 11.3. The van der Waals surface area contributed by atoms with Gasteiger partial charge in [0.25, 0.3) is 0 Å². The van der Waals surface area contributed by atoms with Gasteiger partial charge in [-0.1, -0.05) is 20.8 Å². The summed E-state index contributed by atoms with van der Waals surface area (Å²) in [6.07, 6.45) is -0.0322. The van der Waals surface area contributed by atoms with E-state index >= 15 is 0 Å². The second-order valence-electron chi connectivity index (χ2n) is 4.89. The number of methoxy groups -OCH3 is 1. The first-order chi connectivity index (χ1) is 6.36. The number of aliphatic hydroxyl groups is 1. The zero-order valence-corrected chi connectivity index (χ0v) is 9.20. The van der Waals surface area contributed by atoms with E-state index in [0.29, 0.717) is 6.42 Å². The quantitative estimate of drug-likeness (QED) is 0.599. The molecule has 1 rings (SSSR count). The van der Waals surface area contributed by atoms with Crippen LogP contribution in [-0.4, -0.2) is 36.4 Å². The molecule has 0 saturated carbocycles. The van der Waals surface area contributed by atoms with Gasteiger partial charge in [-0.3, -0.25) is 10.1 Å². The molecule has 0 aromatic rings. The average molecular weight is 201 g/mol. The number of ether oxygens (including phenoxy) is 1. The van der Waals surface area contributed by atoms with Gasteiger partial charge < -0.3 is 9.84 Å². The highest BCUT2D eigenvalue weighted by atomic mass is 16.5. The lowest BCUT2D eigenvalue weighted by molar-refractivity contribution is -0.145. The molecular formula is C10H19NO3. The molecule has 14 heavy (non-hydrogen) atoms. The fraction of sp³-hybridized carbons (Fsp3) is 0.900. The molecule has 0 unspecified atom stereocenters. The van der Waals surface area contributed by atoms with E-state index in [0.717, 1.165) is 0 Å². The highest BCUT2D eigenvalue weighted by molar-refractivity contribution is 5.77. The Balaban J connectivity index is 2.65. The Morgan fingerprint density at radius 3 is 2.43 bits per heavy atom. The van der Waals surface area contributed by atoms with Gasteiger partial charge in [0.1, 0.15) is 6.04 Å². The van der Waals surface area contributed by atoms with Crippen LogP contribution < -0.4 is 5.32 Å². The van der Waals surface area contributed by atoms with Crippen LogP contribution in [0.2, 0.25) is 0 Å². The van der Waals surface area contributed by atoms with E-state index in [-0.39, 0.29) is 17.4 Å². The number of carbonyl (C=O) groups is 1. The molecule has 1 aliphatic heterocycles. The summed E-state index contributed by atoms with van der Waals surface area (Å²) in [5.74, 6) is -0.385. The zero-order chi connectivity index (χ0) is 10.9. The lowest BCUT2D eigenvalue weighted by atomic mass is 9.86. The van der Waals surface area contributed by atoms with Crippen LogP contribution in [0.15, 0.2) is 0 Å². The van der Waals surface area contributed by atoms with Gasteiger partial charge in [-0.15, -0.1) is 0 Å². The first-order valence-corrected chi connectivity index (χ1v) is 4.88. The minimum Gasteiger partial charge on any atom is -0.468 e. The Labute approximate surface area is 84.6 Å². The van der Waals surface area contributed by atoms with Crippen molar-refractivity contribution in [3.8, 4) is 0 Å². The van der Waals surface area contributed by atoms with E-state index in [2.05, 4.69) is 30.8 Å². The number of carbonyl (C=O) groups excluding carboxylic acids is 1. The molecule has 0 aromatic carbocycles. The van der Waals surface area contributed by atoms with Gasteiger partial charge in [0.2, 0.25) is 0 Å². The molecule has 2 N–H and O–H groups in total. The van der Waals surface area contributed by atoms with Crippen molar-refractivity contribution in [3.63, 3.8) is 0 Å². The molecule has 3 atom stereocenters. The molecule has 1 saturated heterocycles. The molecule has 0 spiro atoms. The molecule has 0 radical (unpaired) electrons. The minimum atomic E-state index is -0.633. The molecule has 4 nitrogen and oxygen atoms in total. The number of hydrogen-bond donors (Lipinski definition) is 2. The highest BCUT2D eigenvalue weighted by Gasteiger charge is 2.42. The molecule has 1 fully saturated rings.